The lowest BCUT2D eigenvalue weighted by Gasteiger charge is -2.20. The average molecular weight is 477 g/mol. The molecule has 6 heteroatoms. The van der Waals surface area contributed by atoms with Crippen LogP contribution in [0.3, 0.4) is 0 Å². The molecule has 0 saturated heterocycles. The van der Waals surface area contributed by atoms with E-state index in [2.05, 4.69) is 0 Å². The van der Waals surface area contributed by atoms with Crippen molar-refractivity contribution in [2.45, 2.75) is 45.7 Å². The Kier molecular flexibility index (Phi) is 10.5. The summed E-state index contributed by atoms with van der Waals surface area (Å²) in [5.74, 6) is -1.73. The van der Waals surface area contributed by atoms with Crippen LogP contribution in [-0.2, 0) is 38.7 Å². The molecule has 3 aromatic rings. The molecule has 0 radical (unpaired) electrons. The van der Waals surface area contributed by atoms with Crippen LogP contribution in [0.4, 0.5) is 0 Å². The van der Waals surface area contributed by atoms with E-state index in [1.807, 2.05) is 84.9 Å². The van der Waals surface area contributed by atoms with Gasteiger partial charge in [0.1, 0.15) is 17.5 Å². The fraction of sp³-hybridized carbons (Fsp3) is 0.310. The second-order valence-electron chi connectivity index (χ2n) is 8.35. The summed E-state index contributed by atoms with van der Waals surface area (Å²) in [6, 6.07) is 27.3. The lowest BCUT2D eigenvalue weighted by molar-refractivity contribution is -0.145. The summed E-state index contributed by atoms with van der Waals surface area (Å²) < 4.78 is 18.0. The van der Waals surface area contributed by atoms with Crippen LogP contribution in [0, 0.1) is 5.92 Å². The summed E-state index contributed by atoms with van der Waals surface area (Å²) in [5, 5.41) is 9.19. The maximum Gasteiger partial charge on any atom is 0.314 e. The second-order valence-corrected chi connectivity index (χ2v) is 8.35. The van der Waals surface area contributed by atoms with Gasteiger partial charge in [0.05, 0.1) is 19.8 Å². The Morgan fingerprint density at radius 2 is 1.37 bits per heavy atom. The first-order chi connectivity index (χ1) is 17.0. The molecule has 0 fully saturated rings. The van der Waals surface area contributed by atoms with Gasteiger partial charge in [-0.1, -0.05) is 72.8 Å². The highest BCUT2D eigenvalue weighted by Crippen LogP contribution is 2.19. The first-order valence-corrected chi connectivity index (χ1v) is 11.8. The predicted octanol–water partition coefficient (Wildman–Crippen LogP) is 5.44. The minimum atomic E-state index is -1.08. The molecule has 0 aliphatic carbocycles. The van der Waals surface area contributed by atoms with Crippen LogP contribution >= 0.6 is 0 Å². The molecule has 0 aliphatic rings. The number of Topliss-reactive ketones (excluding diaryl/α,β-unsaturated/α-hetero) is 1. The number of carboxylic acid groups (broad SMARTS) is 1. The molecule has 6 nitrogen and oxygen atoms in total. The van der Waals surface area contributed by atoms with Gasteiger partial charge in [0.25, 0.3) is 0 Å². The van der Waals surface area contributed by atoms with Crippen molar-refractivity contribution in [3.63, 3.8) is 0 Å². The Hall–Kier alpha value is -3.48. The molecule has 0 aliphatic heterocycles. The highest BCUT2D eigenvalue weighted by atomic mass is 16.7. The third-order valence-corrected chi connectivity index (χ3v) is 5.59. The summed E-state index contributed by atoms with van der Waals surface area (Å²) in [5.41, 5.74) is 3.11. The Balaban J connectivity index is 1.54. The molecule has 0 amide bonds. The van der Waals surface area contributed by atoms with Crippen LogP contribution in [0.5, 0.6) is 5.75 Å². The van der Waals surface area contributed by atoms with Crippen LogP contribution in [-0.4, -0.2) is 29.8 Å². The van der Waals surface area contributed by atoms with Crippen molar-refractivity contribution in [1.29, 1.82) is 0 Å². The lowest BCUT2D eigenvalue weighted by atomic mass is 9.96. The van der Waals surface area contributed by atoms with Crippen LogP contribution in [0.15, 0.2) is 84.9 Å². The van der Waals surface area contributed by atoms with Gasteiger partial charge in [-0.2, -0.15) is 0 Å². The summed E-state index contributed by atoms with van der Waals surface area (Å²) in [7, 11) is 0. The smallest absolute Gasteiger partial charge is 0.314 e. The van der Waals surface area contributed by atoms with Gasteiger partial charge in [-0.15, -0.1) is 0 Å². The van der Waals surface area contributed by atoms with Gasteiger partial charge in [-0.05, 0) is 48.6 Å². The number of carbonyl (C=O) groups excluding carboxylic acids is 1. The zero-order valence-corrected chi connectivity index (χ0v) is 20.0. The van der Waals surface area contributed by atoms with Crippen molar-refractivity contribution in [3.8, 4) is 5.75 Å². The van der Waals surface area contributed by atoms with Crippen LogP contribution < -0.4 is 4.74 Å². The van der Waals surface area contributed by atoms with E-state index in [1.54, 1.807) is 0 Å². The molecule has 35 heavy (non-hydrogen) atoms. The zero-order chi connectivity index (χ0) is 24.9. The number of benzene rings is 3. The molecule has 0 spiro atoms. The van der Waals surface area contributed by atoms with Crippen LogP contribution in [0.25, 0.3) is 0 Å². The number of aryl methyl sites for hydroxylation is 1. The minimum absolute atomic E-state index is 0.270. The van der Waals surface area contributed by atoms with E-state index in [9.17, 15) is 14.7 Å². The molecule has 184 valence electrons. The van der Waals surface area contributed by atoms with Crippen LogP contribution in [0.1, 0.15) is 36.5 Å². The molecule has 0 bridgehead atoms. The number of carbonyl (C=O) groups is 2. The van der Waals surface area contributed by atoms with Crippen molar-refractivity contribution in [2.24, 2.45) is 5.92 Å². The topological polar surface area (TPSA) is 82.1 Å². The van der Waals surface area contributed by atoms with Gasteiger partial charge in [0, 0.05) is 6.42 Å². The number of hydrogen-bond donors (Lipinski definition) is 1. The second kappa shape index (κ2) is 14.0. The van der Waals surface area contributed by atoms with Gasteiger partial charge < -0.3 is 19.3 Å². The van der Waals surface area contributed by atoms with Gasteiger partial charge in [-0.3, -0.25) is 9.59 Å². The summed E-state index contributed by atoms with van der Waals surface area (Å²) in [6.45, 7) is 2.74. The van der Waals surface area contributed by atoms with E-state index in [1.165, 1.54) is 6.92 Å². The van der Waals surface area contributed by atoms with E-state index in [-0.39, 0.29) is 12.2 Å². The van der Waals surface area contributed by atoms with Crippen molar-refractivity contribution >= 4 is 11.8 Å². The monoisotopic (exact) mass is 476 g/mol. The Labute approximate surface area is 206 Å². The number of ether oxygens (including phenoxy) is 3. The Morgan fingerprint density at radius 1 is 0.771 bits per heavy atom. The maximum atomic E-state index is 11.5. The maximum absolute atomic E-state index is 11.5. The fourth-order valence-electron chi connectivity index (χ4n) is 3.58. The molecule has 0 saturated carbocycles. The molecule has 3 aromatic carbocycles. The van der Waals surface area contributed by atoms with Crippen molar-refractivity contribution in [3.05, 3.63) is 102 Å². The molecule has 2 unspecified atom stereocenters. The minimum Gasteiger partial charge on any atom is -0.481 e. The van der Waals surface area contributed by atoms with Crippen molar-refractivity contribution in [1.82, 2.24) is 0 Å². The number of rotatable bonds is 15. The standard InChI is InChI=1S/C29H32O6/c1-22(30)27(29(31)32)17-14-23-12-15-26(16-13-23)35-28(34-21-25-10-6-3-7-11-25)18-19-33-20-24-8-4-2-5-9-24/h2-13,15-16,27-28H,14,17-21H2,1H3,(H,31,32). The van der Waals surface area contributed by atoms with Crippen molar-refractivity contribution in [2.75, 3.05) is 6.61 Å². The van der Waals surface area contributed by atoms with E-state index in [0.717, 1.165) is 16.7 Å². The SMILES string of the molecule is CC(=O)C(CCc1ccc(OC(CCOCc2ccccc2)OCc2ccccc2)cc1)C(=O)O. The summed E-state index contributed by atoms with van der Waals surface area (Å²) in [6.07, 6.45) is 0.830. The Morgan fingerprint density at radius 3 is 1.94 bits per heavy atom. The third kappa shape index (κ3) is 9.35. The quantitative estimate of drug-likeness (QED) is 0.179. The third-order valence-electron chi connectivity index (χ3n) is 5.59. The van der Waals surface area contributed by atoms with Gasteiger partial charge in [0.2, 0.25) is 6.29 Å². The number of ketones is 1. The highest BCUT2D eigenvalue weighted by Gasteiger charge is 2.22. The average Bonchev–Trinajstić information content (AvgIpc) is 2.87. The fourth-order valence-corrected chi connectivity index (χ4v) is 3.58. The van der Waals surface area contributed by atoms with Gasteiger partial charge in [-0.25, -0.2) is 0 Å². The van der Waals surface area contributed by atoms with Gasteiger partial charge >= 0.3 is 5.97 Å². The molecular weight excluding hydrogens is 444 g/mol. The normalized spacial score (nSPS) is 12.6. The molecular formula is C29H32O6. The highest BCUT2D eigenvalue weighted by molar-refractivity contribution is 5.96. The van der Waals surface area contributed by atoms with Crippen LogP contribution in [0.2, 0.25) is 0 Å². The van der Waals surface area contributed by atoms with Gasteiger partial charge in [0.15, 0.2) is 0 Å². The van der Waals surface area contributed by atoms with E-state index in [0.29, 0.717) is 38.4 Å². The Bertz CT molecular complexity index is 1020. The number of hydrogen-bond acceptors (Lipinski definition) is 5. The lowest BCUT2D eigenvalue weighted by Crippen LogP contribution is -2.23. The van der Waals surface area contributed by atoms with Crippen molar-refractivity contribution < 1.29 is 28.9 Å². The number of carboxylic acids is 1. The first-order valence-electron chi connectivity index (χ1n) is 11.8. The van der Waals surface area contributed by atoms with E-state index in [4.69, 9.17) is 14.2 Å². The molecule has 0 aromatic heterocycles. The predicted molar refractivity (Wildman–Crippen MR) is 133 cm³/mol. The number of aliphatic carboxylic acids is 1. The summed E-state index contributed by atoms with van der Waals surface area (Å²) in [4.78, 5) is 22.7. The largest absolute Gasteiger partial charge is 0.481 e. The van der Waals surface area contributed by atoms with E-state index < -0.39 is 18.2 Å². The van der Waals surface area contributed by atoms with E-state index >= 15 is 0 Å². The first kappa shape index (κ1) is 26.1. The molecule has 3 rings (SSSR count). The molecule has 1 N–H and O–H groups in total. The molecule has 0 heterocycles. The molecule has 2 atom stereocenters. The zero-order valence-electron chi connectivity index (χ0n) is 20.0. The summed E-state index contributed by atoms with van der Waals surface area (Å²) >= 11 is 0.